The zero-order valence-corrected chi connectivity index (χ0v) is 11.4. The second-order valence-electron chi connectivity index (χ2n) is 5.60. The molecule has 0 spiro atoms. The molecule has 1 aromatic carbocycles. The highest BCUT2D eigenvalue weighted by Crippen LogP contribution is 2.31. The van der Waals surface area contributed by atoms with Crippen LogP contribution in [0.2, 0.25) is 0 Å². The molecule has 2 nitrogen and oxygen atoms in total. The lowest BCUT2D eigenvalue weighted by Gasteiger charge is -2.31. The van der Waals surface area contributed by atoms with Gasteiger partial charge in [-0.15, -0.1) is 0 Å². The van der Waals surface area contributed by atoms with Gasteiger partial charge in [0.25, 0.3) is 0 Å². The van der Waals surface area contributed by atoms with Gasteiger partial charge in [-0.05, 0) is 56.4 Å². The molecular weight excluding hydrogens is 220 g/mol. The van der Waals surface area contributed by atoms with E-state index in [1.807, 2.05) is 0 Å². The van der Waals surface area contributed by atoms with Crippen molar-refractivity contribution in [3.8, 4) is 0 Å². The highest BCUT2D eigenvalue weighted by Gasteiger charge is 2.22. The molecule has 0 bridgehead atoms. The summed E-state index contributed by atoms with van der Waals surface area (Å²) in [5, 5.41) is 3.50. The first-order chi connectivity index (χ1) is 8.88. The Morgan fingerprint density at radius 3 is 2.83 bits per heavy atom. The van der Waals surface area contributed by atoms with E-state index in [-0.39, 0.29) is 0 Å². The van der Waals surface area contributed by atoms with Crippen LogP contribution in [-0.2, 0) is 6.42 Å². The molecule has 1 aliphatic carbocycles. The third-order valence-corrected chi connectivity index (χ3v) is 4.46. The number of nitrogens with zero attached hydrogens (tertiary/aromatic N) is 1. The highest BCUT2D eigenvalue weighted by molar-refractivity contribution is 5.62. The number of nitrogens with one attached hydrogen (secondary N) is 1. The normalized spacial score (nSPS) is 19.4. The summed E-state index contributed by atoms with van der Waals surface area (Å²) in [6.07, 6.45) is 8.08. The third kappa shape index (κ3) is 2.21. The molecule has 0 unspecified atom stereocenters. The molecule has 1 fully saturated rings. The molecule has 2 heteroatoms. The van der Waals surface area contributed by atoms with E-state index in [0.717, 1.165) is 19.1 Å². The molecule has 0 amide bonds. The van der Waals surface area contributed by atoms with Gasteiger partial charge in [-0.1, -0.05) is 12.8 Å². The van der Waals surface area contributed by atoms with Gasteiger partial charge in [0.1, 0.15) is 0 Å². The lowest BCUT2D eigenvalue weighted by atomic mass is 10.0. The van der Waals surface area contributed by atoms with Crippen LogP contribution < -0.4 is 10.2 Å². The summed E-state index contributed by atoms with van der Waals surface area (Å²) in [6, 6.07) is 7.79. The number of rotatable bonds is 3. The molecule has 1 saturated carbocycles. The maximum atomic E-state index is 3.50. The van der Waals surface area contributed by atoms with E-state index in [4.69, 9.17) is 0 Å². The Labute approximate surface area is 110 Å². The summed E-state index contributed by atoms with van der Waals surface area (Å²) in [6.45, 7) is 4.55. The van der Waals surface area contributed by atoms with Crippen molar-refractivity contribution >= 4 is 11.4 Å². The van der Waals surface area contributed by atoms with Gasteiger partial charge >= 0.3 is 0 Å². The zero-order chi connectivity index (χ0) is 12.4. The summed E-state index contributed by atoms with van der Waals surface area (Å²) < 4.78 is 0. The van der Waals surface area contributed by atoms with Gasteiger partial charge in [0, 0.05) is 30.5 Å². The molecule has 0 aromatic heterocycles. The van der Waals surface area contributed by atoms with Gasteiger partial charge in [-0.3, -0.25) is 0 Å². The van der Waals surface area contributed by atoms with Gasteiger partial charge in [0.2, 0.25) is 0 Å². The molecule has 1 aliphatic heterocycles. The SMILES string of the molecule is CCN(c1ccc2c(c1)CCCN2)C1CCCC1. The second-order valence-corrected chi connectivity index (χ2v) is 5.60. The van der Waals surface area contributed by atoms with E-state index in [1.54, 1.807) is 0 Å². The van der Waals surface area contributed by atoms with E-state index in [0.29, 0.717) is 0 Å². The van der Waals surface area contributed by atoms with Crippen molar-refractivity contribution in [3.63, 3.8) is 0 Å². The van der Waals surface area contributed by atoms with Crippen molar-refractivity contribution in [2.24, 2.45) is 0 Å². The third-order valence-electron chi connectivity index (χ3n) is 4.46. The molecule has 3 rings (SSSR count). The summed E-state index contributed by atoms with van der Waals surface area (Å²) in [4.78, 5) is 2.61. The molecule has 2 aliphatic rings. The predicted octanol–water partition coefficient (Wildman–Crippen LogP) is 3.81. The van der Waals surface area contributed by atoms with Crippen LogP contribution in [0.1, 0.15) is 44.6 Å². The van der Waals surface area contributed by atoms with Crippen LogP contribution in [0.3, 0.4) is 0 Å². The van der Waals surface area contributed by atoms with E-state index in [1.165, 1.54) is 55.5 Å². The Kier molecular flexibility index (Phi) is 3.44. The lowest BCUT2D eigenvalue weighted by Crippen LogP contribution is -2.33. The first-order valence-electron chi connectivity index (χ1n) is 7.52. The molecule has 0 saturated heterocycles. The van der Waals surface area contributed by atoms with Gasteiger partial charge in [0.15, 0.2) is 0 Å². The number of hydrogen-bond acceptors (Lipinski definition) is 2. The molecule has 1 heterocycles. The fourth-order valence-electron chi connectivity index (χ4n) is 3.51. The minimum Gasteiger partial charge on any atom is -0.385 e. The average Bonchev–Trinajstić information content (AvgIpc) is 2.93. The van der Waals surface area contributed by atoms with Crippen LogP contribution >= 0.6 is 0 Å². The molecule has 1 aromatic rings. The monoisotopic (exact) mass is 244 g/mol. The largest absolute Gasteiger partial charge is 0.385 e. The van der Waals surface area contributed by atoms with Crippen LogP contribution in [0.25, 0.3) is 0 Å². The smallest absolute Gasteiger partial charge is 0.0374 e. The summed E-state index contributed by atoms with van der Waals surface area (Å²) >= 11 is 0. The second kappa shape index (κ2) is 5.21. The minimum absolute atomic E-state index is 0.782. The van der Waals surface area contributed by atoms with Crippen LogP contribution in [0, 0.1) is 0 Å². The molecular formula is C16H24N2. The van der Waals surface area contributed by atoms with E-state index in [2.05, 4.69) is 35.3 Å². The Morgan fingerprint density at radius 1 is 1.22 bits per heavy atom. The Balaban J connectivity index is 1.85. The van der Waals surface area contributed by atoms with Crippen molar-refractivity contribution < 1.29 is 0 Å². The number of anilines is 2. The van der Waals surface area contributed by atoms with Crippen molar-refractivity contribution in [3.05, 3.63) is 23.8 Å². The first kappa shape index (κ1) is 11.9. The van der Waals surface area contributed by atoms with Crippen LogP contribution in [0.15, 0.2) is 18.2 Å². The van der Waals surface area contributed by atoms with Gasteiger partial charge < -0.3 is 10.2 Å². The quantitative estimate of drug-likeness (QED) is 0.869. The van der Waals surface area contributed by atoms with Gasteiger partial charge in [-0.2, -0.15) is 0 Å². The van der Waals surface area contributed by atoms with Crippen molar-refractivity contribution in [1.29, 1.82) is 0 Å². The fraction of sp³-hybridized carbons (Fsp3) is 0.625. The molecule has 1 N–H and O–H groups in total. The maximum Gasteiger partial charge on any atom is 0.0374 e. The number of fused-ring (bicyclic) bond motifs is 1. The molecule has 0 atom stereocenters. The number of hydrogen-bond donors (Lipinski definition) is 1. The lowest BCUT2D eigenvalue weighted by molar-refractivity contribution is 0.619. The molecule has 0 radical (unpaired) electrons. The highest BCUT2D eigenvalue weighted by atomic mass is 15.2. The number of aryl methyl sites for hydroxylation is 1. The molecule has 98 valence electrons. The number of benzene rings is 1. The fourth-order valence-corrected chi connectivity index (χ4v) is 3.51. The average molecular weight is 244 g/mol. The summed E-state index contributed by atoms with van der Waals surface area (Å²) in [5.41, 5.74) is 4.30. The standard InChI is InChI=1S/C16H24N2/c1-2-18(14-7-3-4-8-14)15-9-10-16-13(12-15)6-5-11-17-16/h9-10,12,14,17H,2-8,11H2,1H3. The van der Waals surface area contributed by atoms with Crippen molar-refractivity contribution in [2.75, 3.05) is 23.3 Å². The van der Waals surface area contributed by atoms with Crippen LogP contribution in [0.4, 0.5) is 11.4 Å². The maximum absolute atomic E-state index is 3.50. The van der Waals surface area contributed by atoms with Gasteiger partial charge in [-0.25, -0.2) is 0 Å². The van der Waals surface area contributed by atoms with E-state index in [9.17, 15) is 0 Å². The van der Waals surface area contributed by atoms with Crippen molar-refractivity contribution in [1.82, 2.24) is 0 Å². The zero-order valence-electron chi connectivity index (χ0n) is 11.4. The Morgan fingerprint density at radius 2 is 2.06 bits per heavy atom. The summed E-state index contributed by atoms with van der Waals surface area (Å²) in [7, 11) is 0. The predicted molar refractivity (Wildman–Crippen MR) is 78.5 cm³/mol. The Bertz CT molecular complexity index is 408. The van der Waals surface area contributed by atoms with Crippen molar-refractivity contribution in [2.45, 2.75) is 51.5 Å². The first-order valence-corrected chi connectivity index (χ1v) is 7.52. The Hall–Kier alpha value is -1.18. The molecule has 18 heavy (non-hydrogen) atoms. The van der Waals surface area contributed by atoms with Crippen LogP contribution in [-0.4, -0.2) is 19.1 Å². The topological polar surface area (TPSA) is 15.3 Å². The summed E-state index contributed by atoms with van der Waals surface area (Å²) in [5.74, 6) is 0. The van der Waals surface area contributed by atoms with E-state index < -0.39 is 0 Å². The minimum atomic E-state index is 0.782. The van der Waals surface area contributed by atoms with E-state index >= 15 is 0 Å². The van der Waals surface area contributed by atoms with Crippen LogP contribution in [0.5, 0.6) is 0 Å². The van der Waals surface area contributed by atoms with Gasteiger partial charge in [0.05, 0.1) is 0 Å².